The number of carbonyl (C=O) groups excluding carboxylic acids is 1. The monoisotopic (exact) mass is 330 g/mol. The zero-order valence-corrected chi connectivity index (χ0v) is 14.1. The van der Waals surface area contributed by atoms with Crippen molar-refractivity contribution in [3.05, 3.63) is 48.3 Å². The summed E-state index contributed by atoms with van der Waals surface area (Å²) in [6.07, 6.45) is 9.17. The number of hydrogen-bond acceptors (Lipinski definition) is 3. The van der Waals surface area contributed by atoms with Crippen molar-refractivity contribution in [1.29, 1.82) is 0 Å². The lowest BCUT2D eigenvalue weighted by Crippen LogP contribution is -2.36. The predicted molar refractivity (Wildman–Crippen MR) is 94.9 cm³/mol. The van der Waals surface area contributed by atoms with Crippen molar-refractivity contribution in [2.75, 3.05) is 11.6 Å². The van der Waals surface area contributed by atoms with Crippen molar-refractivity contribution in [3.63, 3.8) is 0 Å². The number of rotatable bonds is 5. The van der Waals surface area contributed by atoms with E-state index in [1.165, 1.54) is 6.42 Å². The smallest absolute Gasteiger partial charge is 0.319 e. The van der Waals surface area contributed by atoms with Gasteiger partial charge in [-0.15, -0.1) is 0 Å². The topological polar surface area (TPSA) is 59.0 Å². The van der Waals surface area contributed by atoms with E-state index < -0.39 is 0 Å². The van der Waals surface area contributed by atoms with Crippen LogP contribution in [0.2, 0.25) is 0 Å². The first-order chi connectivity index (χ1) is 11.2. The Morgan fingerprint density at radius 3 is 2.83 bits per heavy atom. The molecule has 1 fully saturated rings. The molecule has 1 heterocycles. The molecular weight excluding hydrogens is 308 g/mol. The number of carbonyl (C=O) groups is 1. The van der Waals surface area contributed by atoms with Gasteiger partial charge < -0.3 is 10.6 Å². The summed E-state index contributed by atoms with van der Waals surface area (Å²) in [5.74, 6) is 0. The molecule has 3 rings (SSSR count). The standard InChI is InChI=1S/C17H22N4OS/c1-23-16-8-7-15(11-16)20-17(22)19-14-5-3-13(4-6-14)12-21-10-2-9-18-21/h2-6,9-10,15-16H,7-8,11-12H2,1H3,(H2,19,20,22)/t15-,16+/m0/s1. The third kappa shape index (κ3) is 4.51. The molecule has 6 heteroatoms. The third-order valence-corrected chi connectivity index (χ3v) is 5.26. The minimum Gasteiger partial charge on any atom is -0.335 e. The minimum absolute atomic E-state index is 0.114. The van der Waals surface area contributed by atoms with E-state index in [0.29, 0.717) is 11.3 Å². The maximum atomic E-state index is 12.1. The Kier molecular flexibility index (Phi) is 5.23. The zero-order valence-electron chi connectivity index (χ0n) is 13.2. The molecule has 0 spiro atoms. The van der Waals surface area contributed by atoms with E-state index in [9.17, 15) is 4.79 Å². The first-order valence-corrected chi connectivity index (χ1v) is 9.18. The fourth-order valence-corrected chi connectivity index (χ4v) is 3.71. The van der Waals surface area contributed by atoms with Crippen LogP contribution in [-0.4, -0.2) is 33.4 Å². The Balaban J connectivity index is 1.49. The van der Waals surface area contributed by atoms with E-state index in [1.54, 1.807) is 6.20 Å². The number of hydrogen-bond donors (Lipinski definition) is 2. The average molecular weight is 330 g/mol. The van der Waals surface area contributed by atoms with Crippen molar-refractivity contribution < 1.29 is 4.79 Å². The molecule has 0 saturated heterocycles. The molecule has 0 aliphatic heterocycles. The van der Waals surface area contributed by atoms with Crippen LogP contribution < -0.4 is 10.6 Å². The van der Waals surface area contributed by atoms with Crippen molar-refractivity contribution in [1.82, 2.24) is 15.1 Å². The number of thioether (sulfide) groups is 1. The second-order valence-corrected chi connectivity index (χ2v) is 7.00. The highest BCUT2D eigenvalue weighted by molar-refractivity contribution is 7.99. The Morgan fingerprint density at radius 2 is 2.17 bits per heavy atom. The van der Waals surface area contributed by atoms with Crippen LogP contribution in [0.5, 0.6) is 0 Å². The maximum Gasteiger partial charge on any atom is 0.319 e. The fourth-order valence-electron chi connectivity index (χ4n) is 2.91. The molecule has 0 unspecified atom stereocenters. The summed E-state index contributed by atoms with van der Waals surface area (Å²) >= 11 is 1.89. The van der Waals surface area contributed by atoms with E-state index in [1.807, 2.05) is 53.0 Å². The van der Waals surface area contributed by atoms with Gasteiger partial charge in [-0.25, -0.2) is 4.79 Å². The highest BCUT2D eigenvalue weighted by atomic mass is 32.2. The van der Waals surface area contributed by atoms with Gasteiger partial charge in [0.15, 0.2) is 0 Å². The molecule has 1 aliphatic rings. The summed E-state index contributed by atoms with van der Waals surface area (Å²) in [6, 6.07) is 9.97. The molecule has 2 amide bonds. The summed E-state index contributed by atoms with van der Waals surface area (Å²) in [7, 11) is 0. The molecule has 2 atom stereocenters. The largest absolute Gasteiger partial charge is 0.335 e. The van der Waals surface area contributed by atoms with Crippen LogP contribution in [0.15, 0.2) is 42.7 Å². The SMILES string of the molecule is CS[C@@H]1CC[C@H](NC(=O)Nc2ccc(Cn3cccn3)cc2)C1. The van der Waals surface area contributed by atoms with Crippen LogP contribution in [0.4, 0.5) is 10.5 Å². The second kappa shape index (κ2) is 7.55. The van der Waals surface area contributed by atoms with Gasteiger partial charge in [0, 0.05) is 29.4 Å². The van der Waals surface area contributed by atoms with Gasteiger partial charge in [0.25, 0.3) is 0 Å². The van der Waals surface area contributed by atoms with Crippen LogP contribution >= 0.6 is 11.8 Å². The number of benzene rings is 1. The Hall–Kier alpha value is -1.95. The maximum absolute atomic E-state index is 12.1. The molecule has 122 valence electrons. The van der Waals surface area contributed by atoms with Gasteiger partial charge in [-0.2, -0.15) is 16.9 Å². The van der Waals surface area contributed by atoms with E-state index in [2.05, 4.69) is 22.0 Å². The van der Waals surface area contributed by atoms with E-state index >= 15 is 0 Å². The molecule has 0 bridgehead atoms. The number of nitrogens with zero attached hydrogens (tertiary/aromatic N) is 2. The summed E-state index contributed by atoms with van der Waals surface area (Å²) in [4.78, 5) is 12.1. The molecular formula is C17H22N4OS. The van der Waals surface area contributed by atoms with E-state index in [4.69, 9.17) is 0 Å². The van der Waals surface area contributed by atoms with Gasteiger partial charge in [-0.1, -0.05) is 12.1 Å². The average Bonchev–Trinajstić information content (AvgIpc) is 3.21. The van der Waals surface area contributed by atoms with Crippen LogP contribution in [0.3, 0.4) is 0 Å². The van der Waals surface area contributed by atoms with Gasteiger partial charge in [-0.3, -0.25) is 4.68 Å². The van der Waals surface area contributed by atoms with E-state index in [0.717, 1.165) is 30.6 Å². The lowest BCUT2D eigenvalue weighted by atomic mass is 10.2. The second-order valence-electron chi connectivity index (χ2n) is 5.87. The minimum atomic E-state index is -0.114. The molecule has 2 N–H and O–H groups in total. The third-order valence-electron chi connectivity index (χ3n) is 4.17. The van der Waals surface area contributed by atoms with Crippen LogP contribution in [-0.2, 0) is 6.54 Å². The summed E-state index contributed by atoms with van der Waals surface area (Å²) in [5, 5.41) is 10.8. The van der Waals surface area contributed by atoms with Crippen LogP contribution in [0.1, 0.15) is 24.8 Å². The molecule has 2 aromatic rings. The van der Waals surface area contributed by atoms with Crippen molar-refractivity contribution in [2.24, 2.45) is 0 Å². The molecule has 1 aromatic heterocycles. The predicted octanol–water partition coefficient (Wildman–Crippen LogP) is 3.34. The normalized spacial score (nSPS) is 20.4. The number of nitrogens with one attached hydrogen (secondary N) is 2. The highest BCUT2D eigenvalue weighted by Crippen LogP contribution is 2.28. The van der Waals surface area contributed by atoms with Crippen molar-refractivity contribution >= 4 is 23.5 Å². The quantitative estimate of drug-likeness (QED) is 0.884. The van der Waals surface area contributed by atoms with Gasteiger partial charge in [-0.05, 0) is 49.3 Å². The van der Waals surface area contributed by atoms with Gasteiger partial charge in [0.05, 0.1) is 6.54 Å². The molecule has 0 radical (unpaired) electrons. The van der Waals surface area contributed by atoms with Gasteiger partial charge in [0.1, 0.15) is 0 Å². The van der Waals surface area contributed by atoms with Gasteiger partial charge in [0.2, 0.25) is 0 Å². The molecule has 1 aliphatic carbocycles. The number of anilines is 1. The van der Waals surface area contributed by atoms with Gasteiger partial charge >= 0.3 is 6.03 Å². The van der Waals surface area contributed by atoms with E-state index in [-0.39, 0.29) is 6.03 Å². The first kappa shape index (κ1) is 15.9. The zero-order chi connectivity index (χ0) is 16.1. The molecule has 23 heavy (non-hydrogen) atoms. The number of aromatic nitrogens is 2. The van der Waals surface area contributed by atoms with Crippen molar-refractivity contribution in [2.45, 2.75) is 37.1 Å². The van der Waals surface area contributed by atoms with Crippen LogP contribution in [0, 0.1) is 0 Å². The molecule has 1 saturated carbocycles. The Morgan fingerprint density at radius 1 is 1.35 bits per heavy atom. The summed E-state index contributed by atoms with van der Waals surface area (Å²) in [6.45, 7) is 0.734. The number of urea groups is 1. The Labute approximate surface area is 140 Å². The highest BCUT2D eigenvalue weighted by Gasteiger charge is 2.24. The fraction of sp³-hybridized carbons (Fsp3) is 0.412. The summed E-state index contributed by atoms with van der Waals surface area (Å²) in [5.41, 5.74) is 1.96. The Bertz CT molecular complexity index is 627. The van der Waals surface area contributed by atoms with Crippen LogP contribution in [0.25, 0.3) is 0 Å². The number of amides is 2. The lowest BCUT2D eigenvalue weighted by Gasteiger charge is -2.14. The lowest BCUT2D eigenvalue weighted by molar-refractivity contribution is 0.248. The first-order valence-electron chi connectivity index (χ1n) is 7.89. The molecule has 5 nitrogen and oxygen atoms in total. The summed E-state index contributed by atoms with van der Waals surface area (Å²) < 4.78 is 1.87. The van der Waals surface area contributed by atoms with Crippen molar-refractivity contribution in [3.8, 4) is 0 Å². The molecule has 1 aromatic carbocycles.